The van der Waals surface area contributed by atoms with Gasteiger partial charge in [-0.15, -0.1) is 22.7 Å². The predicted molar refractivity (Wildman–Crippen MR) is 111 cm³/mol. The Labute approximate surface area is 173 Å². The fourth-order valence-electron chi connectivity index (χ4n) is 3.08. The van der Waals surface area contributed by atoms with Crippen molar-refractivity contribution in [3.05, 3.63) is 79.6 Å². The van der Waals surface area contributed by atoms with Crippen LogP contribution in [0, 0.1) is 0 Å². The van der Waals surface area contributed by atoms with E-state index in [-0.39, 0.29) is 16.8 Å². The number of alkyl halides is 3. The highest BCUT2D eigenvalue weighted by atomic mass is 35.5. The molecule has 28 heavy (non-hydrogen) atoms. The summed E-state index contributed by atoms with van der Waals surface area (Å²) in [6.45, 7) is 0. The van der Waals surface area contributed by atoms with Gasteiger partial charge in [-0.3, -0.25) is 5.01 Å². The van der Waals surface area contributed by atoms with Gasteiger partial charge in [0.1, 0.15) is 0 Å². The first kappa shape index (κ1) is 19.2. The van der Waals surface area contributed by atoms with E-state index in [9.17, 15) is 13.2 Å². The molecule has 1 atom stereocenters. The Kier molecular flexibility index (Phi) is 5.31. The van der Waals surface area contributed by atoms with Crippen molar-refractivity contribution in [3.63, 3.8) is 0 Å². The van der Waals surface area contributed by atoms with Crippen LogP contribution in [0.4, 0.5) is 18.9 Å². The van der Waals surface area contributed by atoms with Crippen LogP contribution >= 0.6 is 34.3 Å². The average molecular weight is 439 g/mol. The Hall–Kier alpha value is -2.09. The van der Waals surface area contributed by atoms with E-state index in [1.807, 2.05) is 47.2 Å². The summed E-state index contributed by atoms with van der Waals surface area (Å²) in [4.78, 5) is 2.00. The summed E-state index contributed by atoms with van der Waals surface area (Å²) in [5.41, 5.74) is -0.178. The van der Waals surface area contributed by atoms with Crippen molar-refractivity contribution < 1.29 is 13.2 Å². The van der Waals surface area contributed by atoms with E-state index in [0.717, 1.165) is 15.8 Å². The Morgan fingerprint density at radius 2 is 1.82 bits per heavy atom. The third-order valence-electron chi connectivity index (χ3n) is 4.31. The molecule has 3 aromatic rings. The van der Waals surface area contributed by atoms with Crippen LogP contribution in [0.3, 0.4) is 0 Å². The molecule has 144 valence electrons. The molecule has 2 nitrogen and oxygen atoms in total. The Morgan fingerprint density at radius 1 is 1.04 bits per heavy atom. The third kappa shape index (κ3) is 3.87. The summed E-state index contributed by atoms with van der Waals surface area (Å²) in [6.07, 6.45) is -0.234. The van der Waals surface area contributed by atoms with Gasteiger partial charge >= 0.3 is 6.18 Å². The van der Waals surface area contributed by atoms with Crippen molar-refractivity contribution in [2.24, 2.45) is 5.10 Å². The lowest BCUT2D eigenvalue weighted by molar-refractivity contribution is -0.137. The minimum absolute atomic E-state index is 0.0311. The number of hydrogen-bond acceptors (Lipinski definition) is 4. The molecule has 0 amide bonds. The molecule has 0 N–H and O–H groups in total. The molecule has 1 aromatic carbocycles. The Balaban J connectivity index is 1.78. The van der Waals surface area contributed by atoms with Crippen LogP contribution in [-0.2, 0) is 6.18 Å². The smallest absolute Gasteiger partial charge is 0.254 e. The molecule has 0 saturated heterocycles. The second-order valence-electron chi connectivity index (χ2n) is 6.15. The summed E-state index contributed by atoms with van der Waals surface area (Å²) >= 11 is 9.31. The first-order valence-electron chi connectivity index (χ1n) is 8.41. The number of thiophene rings is 2. The molecule has 1 unspecified atom stereocenters. The largest absolute Gasteiger partial charge is 0.418 e. The maximum Gasteiger partial charge on any atom is 0.418 e. The van der Waals surface area contributed by atoms with Crippen molar-refractivity contribution in [2.45, 2.75) is 18.6 Å². The van der Waals surface area contributed by atoms with Gasteiger partial charge in [0.25, 0.3) is 0 Å². The van der Waals surface area contributed by atoms with Gasteiger partial charge in [0.05, 0.1) is 28.0 Å². The summed E-state index contributed by atoms with van der Waals surface area (Å²) in [6, 6.07) is 11.2. The number of halogens is 4. The standard InChI is InChI=1S/C20H14ClF3N2S2/c21-16-6-1-5-15(20(22,23)24)19(16)26-17(18-7-3-11-28-18)12-13(25-26)8-9-14-4-2-10-27-14/h1-11,17H,12H2. The zero-order valence-electron chi connectivity index (χ0n) is 14.4. The minimum Gasteiger partial charge on any atom is -0.254 e. The van der Waals surface area contributed by atoms with Crippen LogP contribution in [0.1, 0.15) is 27.8 Å². The fourth-order valence-corrected chi connectivity index (χ4v) is 4.77. The molecule has 0 bridgehead atoms. The molecule has 0 saturated carbocycles. The van der Waals surface area contributed by atoms with E-state index in [1.165, 1.54) is 28.5 Å². The molecule has 4 rings (SSSR count). The Morgan fingerprint density at radius 3 is 2.50 bits per heavy atom. The van der Waals surface area contributed by atoms with Crippen LogP contribution < -0.4 is 5.01 Å². The highest BCUT2D eigenvalue weighted by Crippen LogP contribution is 2.46. The fraction of sp³-hybridized carbons (Fsp3) is 0.150. The normalized spacial score (nSPS) is 17.5. The van der Waals surface area contributed by atoms with Crippen molar-refractivity contribution in [3.8, 4) is 0 Å². The van der Waals surface area contributed by atoms with Gasteiger partial charge in [-0.25, -0.2) is 0 Å². The van der Waals surface area contributed by atoms with Gasteiger partial charge in [0.2, 0.25) is 0 Å². The van der Waals surface area contributed by atoms with Gasteiger partial charge in [0, 0.05) is 16.2 Å². The summed E-state index contributed by atoms with van der Waals surface area (Å²) in [7, 11) is 0. The van der Waals surface area contributed by atoms with Gasteiger partial charge in [0.15, 0.2) is 0 Å². The number of para-hydroxylation sites is 1. The van der Waals surface area contributed by atoms with Crippen molar-refractivity contribution in [1.29, 1.82) is 0 Å². The number of allylic oxidation sites excluding steroid dienone is 1. The van der Waals surface area contributed by atoms with E-state index in [2.05, 4.69) is 5.10 Å². The lowest BCUT2D eigenvalue weighted by Crippen LogP contribution is -2.22. The minimum atomic E-state index is -4.52. The number of hydrazone groups is 1. The lowest BCUT2D eigenvalue weighted by atomic mass is 10.1. The topological polar surface area (TPSA) is 15.6 Å². The summed E-state index contributed by atoms with van der Waals surface area (Å²) in [5, 5.41) is 9.85. The van der Waals surface area contributed by atoms with Crippen LogP contribution in [0.2, 0.25) is 5.02 Å². The number of hydrogen-bond donors (Lipinski definition) is 0. The summed E-state index contributed by atoms with van der Waals surface area (Å²) < 4.78 is 40.9. The van der Waals surface area contributed by atoms with Crippen LogP contribution in [0.5, 0.6) is 0 Å². The molecule has 1 aliphatic rings. The zero-order chi connectivity index (χ0) is 19.7. The zero-order valence-corrected chi connectivity index (χ0v) is 16.7. The molecule has 3 heterocycles. The van der Waals surface area contributed by atoms with Crippen molar-refractivity contribution in [1.82, 2.24) is 0 Å². The average Bonchev–Trinajstić information content (AvgIpc) is 3.39. The molecule has 1 aliphatic heterocycles. The van der Waals surface area contributed by atoms with Crippen LogP contribution in [0.15, 0.2) is 64.4 Å². The molecule has 0 aliphatic carbocycles. The second kappa shape index (κ2) is 7.73. The molecule has 8 heteroatoms. The quantitative estimate of drug-likeness (QED) is 0.411. The van der Waals surface area contributed by atoms with Gasteiger partial charge < -0.3 is 0 Å². The third-order valence-corrected chi connectivity index (χ3v) is 6.43. The van der Waals surface area contributed by atoms with E-state index in [1.54, 1.807) is 11.3 Å². The highest BCUT2D eigenvalue weighted by Gasteiger charge is 2.39. The molecular weight excluding hydrogens is 425 g/mol. The van der Waals surface area contributed by atoms with Crippen molar-refractivity contribution in [2.75, 3.05) is 5.01 Å². The van der Waals surface area contributed by atoms with Crippen molar-refractivity contribution >= 4 is 51.7 Å². The first-order valence-corrected chi connectivity index (χ1v) is 10.5. The van der Waals surface area contributed by atoms with E-state index in [0.29, 0.717) is 12.1 Å². The monoisotopic (exact) mass is 438 g/mol. The van der Waals surface area contributed by atoms with Gasteiger partial charge in [-0.1, -0.05) is 29.8 Å². The second-order valence-corrected chi connectivity index (χ2v) is 8.52. The number of nitrogens with zero attached hydrogens (tertiary/aromatic N) is 2. The van der Waals surface area contributed by atoms with E-state index < -0.39 is 11.7 Å². The molecular formula is C20H14ClF3N2S2. The van der Waals surface area contributed by atoms with Gasteiger partial charge in [-0.2, -0.15) is 18.3 Å². The number of rotatable bonds is 4. The maximum atomic E-state index is 13.6. The van der Waals surface area contributed by atoms with E-state index >= 15 is 0 Å². The lowest BCUT2D eigenvalue weighted by Gasteiger charge is -2.26. The SMILES string of the molecule is FC(F)(F)c1cccc(Cl)c1N1N=C(C=Cc2cccs2)CC1c1cccs1. The molecule has 0 fully saturated rings. The highest BCUT2D eigenvalue weighted by molar-refractivity contribution is 7.11. The maximum absolute atomic E-state index is 13.6. The summed E-state index contributed by atoms with van der Waals surface area (Å²) in [5.74, 6) is 0. The molecule has 0 radical (unpaired) electrons. The number of benzene rings is 1. The first-order chi connectivity index (χ1) is 13.4. The van der Waals surface area contributed by atoms with Gasteiger partial charge in [-0.05, 0) is 47.2 Å². The number of anilines is 1. The van der Waals surface area contributed by atoms with Crippen LogP contribution in [-0.4, -0.2) is 5.71 Å². The van der Waals surface area contributed by atoms with Crippen LogP contribution in [0.25, 0.3) is 6.08 Å². The molecule has 0 spiro atoms. The predicted octanol–water partition coefficient (Wildman–Crippen LogP) is 7.50. The Bertz CT molecular complexity index is 1010. The molecule has 2 aromatic heterocycles. The van der Waals surface area contributed by atoms with E-state index in [4.69, 9.17) is 11.6 Å².